The van der Waals surface area contributed by atoms with Gasteiger partial charge in [-0.1, -0.05) is 22.5 Å². The van der Waals surface area contributed by atoms with Crippen LogP contribution in [-0.4, -0.2) is 72.5 Å². The predicted molar refractivity (Wildman–Crippen MR) is 81.4 cm³/mol. The van der Waals surface area contributed by atoms with Crippen LogP contribution < -0.4 is 0 Å². The van der Waals surface area contributed by atoms with Crippen molar-refractivity contribution in [2.75, 3.05) is 45.8 Å². The molecule has 5 heteroatoms. The summed E-state index contributed by atoms with van der Waals surface area (Å²) in [6.07, 6.45) is 2.33. The van der Waals surface area contributed by atoms with E-state index in [0.717, 1.165) is 50.3 Å². The molecule has 0 aromatic rings. The van der Waals surface area contributed by atoms with Crippen LogP contribution in [0.3, 0.4) is 0 Å². The van der Waals surface area contributed by atoms with Crippen LogP contribution in [0.15, 0.2) is 11.1 Å². The average molecular weight is 330 g/mol. The Bertz CT molecular complexity index is 334. The molecule has 0 aromatic heterocycles. The Morgan fingerprint density at radius 3 is 2.26 bits per heavy atom. The second-order valence-electron chi connectivity index (χ2n) is 5.54. The molecule has 2 aliphatic rings. The lowest BCUT2D eigenvalue weighted by atomic mass is 10.2. The van der Waals surface area contributed by atoms with E-state index in [-0.39, 0.29) is 6.04 Å². The molecule has 2 rings (SSSR count). The topological polar surface area (TPSA) is 26.8 Å². The van der Waals surface area contributed by atoms with Crippen molar-refractivity contribution >= 4 is 21.8 Å². The van der Waals surface area contributed by atoms with Crippen LogP contribution in [0.25, 0.3) is 0 Å². The molecule has 0 spiro atoms. The Balaban J connectivity index is 1.79. The molecule has 1 amide bonds. The number of nitrogens with zero attached hydrogens (tertiary/aromatic N) is 3. The first-order chi connectivity index (χ1) is 9.08. The number of piperazine rings is 1. The second-order valence-corrected chi connectivity index (χ2v) is 6.66. The van der Waals surface area contributed by atoms with Crippen LogP contribution in [0.4, 0.5) is 0 Å². The number of halogens is 1. The maximum absolute atomic E-state index is 12.4. The Morgan fingerprint density at radius 2 is 1.74 bits per heavy atom. The van der Waals surface area contributed by atoms with Gasteiger partial charge in [0.1, 0.15) is 0 Å². The number of carbonyl (C=O) groups is 1. The van der Waals surface area contributed by atoms with Gasteiger partial charge in [0, 0.05) is 50.3 Å². The number of rotatable bonds is 4. The standard InChI is InChI=1S/C14H24BrN3O/c1-12(15)11-16-7-9-17(10-8-16)13(2)14(19)18-5-3-4-6-18/h13H,1,3-11H2,2H3/t13-/m1/s1. The molecular formula is C14H24BrN3O. The highest BCUT2D eigenvalue weighted by Gasteiger charge is 2.29. The lowest BCUT2D eigenvalue weighted by Crippen LogP contribution is -2.54. The van der Waals surface area contributed by atoms with E-state index in [1.165, 1.54) is 12.8 Å². The van der Waals surface area contributed by atoms with Crippen molar-refractivity contribution in [3.63, 3.8) is 0 Å². The normalized spacial score (nSPS) is 23.6. The summed E-state index contributed by atoms with van der Waals surface area (Å²) in [5, 5.41) is 0. The van der Waals surface area contributed by atoms with Crippen molar-refractivity contribution in [1.82, 2.24) is 14.7 Å². The average Bonchev–Trinajstić information content (AvgIpc) is 2.91. The van der Waals surface area contributed by atoms with Crippen LogP contribution in [-0.2, 0) is 4.79 Å². The minimum atomic E-state index is 0.0346. The molecule has 0 bridgehead atoms. The van der Waals surface area contributed by atoms with Gasteiger partial charge in [-0.05, 0) is 19.8 Å². The van der Waals surface area contributed by atoms with Crippen molar-refractivity contribution in [1.29, 1.82) is 0 Å². The molecule has 108 valence electrons. The van der Waals surface area contributed by atoms with Crippen molar-refractivity contribution < 1.29 is 4.79 Å². The third-order valence-electron chi connectivity index (χ3n) is 4.12. The van der Waals surface area contributed by atoms with E-state index in [9.17, 15) is 4.79 Å². The zero-order valence-electron chi connectivity index (χ0n) is 11.8. The van der Waals surface area contributed by atoms with Gasteiger partial charge in [0.2, 0.25) is 5.91 Å². The summed E-state index contributed by atoms with van der Waals surface area (Å²) in [4.78, 5) is 19.1. The summed E-state index contributed by atoms with van der Waals surface area (Å²) in [5.74, 6) is 0.316. The number of likely N-dealkylation sites (tertiary alicyclic amines) is 1. The zero-order chi connectivity index (χ0) is 13.8. The van der Waals surface area contributed by atoms with Gasteiger partial charge < -0.3 is 4.90 Å². The molecule has 0 aliphatic carbocycles. The van der Waals surface area contributed by atoms with Gasteiger partial charge in [-0.25, -0.2) is 0 Å². The van der Waals surface area contributed by atoms with Gasteiger partial charge in [-0.2, -0.15) is 0 Å². The van der Waals surface area contributed by atoms with E-state index >= 15 is 0 Å². The fourth-order valence-electron chi connectivity index (χ4n) is 2.91. The van der Waals surface area contributed by atoms with Gasteiger partial charge in [0.15, 0.2) is 0 Å². The summed E-state index contributed by atoms with van der Waals surface area (Å²) in [7, 11) is 0. The Hall–Kier alpha value is -0.390. The van der Waals surface area contributed by atoms with Crippen LogP contribution >= 0.6 is 15.9 Å². The molecule has 2 fully saturated rings. The molecule has 1 atom stereocenters. The monoisotopic (exact) mass is 329 g/mol. The number of amides is 1. The van der Waals surface area contributed by atoms with Gasteiger partial charge >= 0.3 is 0 Å². The summed E-state index contributed by atoms with van der Waals surface area (Å²) >= 11 is 3.41. The molecule has 0 aromatic carbocycles. The minimum Gasteiger partial charge on any atom is -0.341 e. The highest BCUT2D eigenvalue weighted by Crippen LogP contribution is 2.14. The van der Waals surface area contributed by atoms with Gasteiger partial charge in [-0.15, -0.1) is 0 Å². The first kappa shape index (κ1) is 15.0. The Labute approximate surface area is 124 Å². The predicted octanol–water partition coefficient (Wildman–Crippen LogP) is 1.52. The zero-order valence-corrected chi connectivity index (χ0v) is 13.4. The van der Waals surface area contributed by atoms with Gasteiger partial charge in [-0.3, -0.25) is 14.6 Å². The van der Waals surface area contributed by atoms with Gasteiger partial charge in [0.25, 0.3) is 0 Å². The maximum Gasteiger partial charge on any atom is 0.239 e. The minimum absolute atomic E-state index is 0.0346. The molecule has 0 N–H and O–H groups in total. The Kier molecular flexibility index (Phi) is 5.42. The lowest BCUT2D eigenvalue weighted by Gasteiger charge is -2.38. The molecule has 2 heterocycles. The SMILES string of the molecule is C=C(Br)CN1CCN([C@H](C)C(=O)N2CCCC2)CC1. The third kappa shape index (κ3) is 4.04. The largest absolute Gasteiger partial charge is 0.341 e. The van der Waals surface area contributed by atoms with E-state index in [0.29, 0.717) is 5.91 Å². The molecule has 0 saturated carbocycles. The molecule has 19 heavy (non-hydrogen) atoms. The highest BCUT2D eigenvalue weighted by atomic mass is 79.9. The van der Waals surface area contributed by atoms with E-state index in [1.54, 1.807) is 0 Å². The Morgan fingerprint density at radius 1 is 1.16 bits per heavy atom. The highest BCUT2D eigenvalue weighted by molar-refractivity contribution is 9.11. The molecule has 2 aliphatic heterocycles. The third-order valence-corrected chi connectivity index (χ3v) is 4.38. The second kappa shape index (κ2) is 6.86. The van der Waals surface area contributed by atoms with E-state index in [1.807, 2.05) is 4.90 Å². The van der Waals surface area contributed by atoms with Crippen molar-refractivity contribution in [2.24, 2.45) is 0 Å². The van der Waals surface area contributed by atoms with E-state index in [4.69, 9.17) is 0 Å². The van der Waals surface area contributed by atoms with E-state index < -0.39 is 0 Å². The molecular weight excluding hydrogens is 306 g/mol. The molecule has 4 nitrogen and oxygen atoms in total. The number of carbonyl (C=O) groups excluding carboxylic acids is 1. The maximum atomic E-state index is 12.4. The smallest absolute Gasteiger partial charge is 0.239 e. The first-order valence-electron chi connectivity index (χ1n) is 7.16. The summed E-state index contributed by atoms with van der Waals surface area (Å²) in [6.45, 7) is 12.7. The van der Waals surface area contributed by atoms with Crippen molar-refractivity contribution in [3.8, 4) is 0 Å². The van der Waals surface area contributed by atoms with Crippen LogP contribution in [0.2, 0.25) is 0 Å². The number of hydrogen-bond donors (Lipinski definition) is 0. The summed E-state index contributed by atoms with van der Waals surface area (Å²) in [5.41, 5.74) is 0. The fourth-order valence-corrected chi connectivity index (χ4v) is 3.26. The molecule has 0 radical (unpaired) electrons. The van der Waals surface area contributed by atoms with Crippen LogP contribution in [0.5, 0.6) is 0 Å². The fraction of sp³-hybridized carbons (Fsp3) is 0.786. The first-order valence-corrected chi connectivity index (χ1v) is 7.95. The number of hydrogen-bond acceptors (Lipinski definition) is 3. The summed E-state index contributed by atoms with van der Waals surface area (Å²) in [6, 6.07) is 0.0346. The van der Waals surface area contributed by atoms with Crippen molar-refractivity contribution in [3.05, 3.63) is 11.1 Å². The van der Waals surface area contributed by atoms with E-state index in [2.05, 4.69) is 39.2 Å². The van der Waals surface area contributed by atoms with Gasteiger partial charge in [0.05, 0.1) is 6.04 Å². The van der Waals surface area contributed by atoms with Crippen LogP contribution in [0.1, 0.15) is 19.8 Å². The molecule has 0 unspecified atom stereocenters. The quantitative estimate of drug-likeness (QED) is 0.782. The van der Waals surface area contributed by atoms with Crippen molar-refractivity contribution in [2.45, 2.75) is 25.8 Å². The molecule has 2 saturated heterocycles. The lowest BCUT2D eigenvalue weighted by molar-refractivity contribution is -0.136. The van der Waals surface area contributed by atoms with Crippen LogP contribution in [0, 0.1) is 0 Å². The summed E-state index contributed by atoms with van der Waals surface area (Å²) < 4.78 is 1.03.